The lowest BCUT2D eigenvalue weighted by molar-refractivity contribution is 0.189. The van der Waals surface area contributed by atoms with E-state index in [9.17, 15) is 0 Å². The van der Waals surface area contributed by atoms with Gasteiger partial charge in [-0.2, -0.15) is 0 Å². The summed E-state index contributed by atoms with van der Waals surface area (Å²) in [4.78, 5) is 0. The first-order valence-electron chi connectivity index (χ1n) is 11.2. The average molecular weight is 476 g/mol. The molecule has 4 rings (SSSR count). The molecule has 4 aromatic rings. The number of nitrogens with zero attached hydrogens (tertiary/aromatic N) is 3. The number of hydrogen-bond donors (Lipinski definition) is 0. The predicted molar refractivity (Wildman–Crippen MR) is 136 cm³/mol. The molecular weight excluding hydrogens is 446 g/mol. The molecule has 0 aliphatic heterocycles. The van der Waals surface area contributed by atoms with E-state index in [0.29, 0.717) is 18.1 Å². The third-order valence-corrected chi connectivity index (χ3v) is 6.81. The van der Waals surface area contributed by atoms with E-state index in [1.165, 1.54) is 11.1 Å². The number of ether oxygens (including phenoxy) is 3. The van der Waals surface area contributed by atoms with Crippen LogP contribution in [0.2, 0.25) is 0 Å². The first-order chi connectivity index (χ1) is 16.7. The molecule has 1 heterocycles. The van der Waals surface area contributed by atoms with E-state index in [1.54, 1.807) is 33.1 Å². The number of methoxy groups -OCH3 is 3. The number of aromatic nitrogens is 3. The number of rotatable bonds is 11. The highest BCUT2D eigenvalue weighted by molar-refractivity contribution is 7.99. The molecule has 7 heteroatoms. The first-order valence-corrected chi connectivity index (χ1v) is 12.0. The molecule has 3 aromatic carbocycles. The Morgan fingerprint density at radius 3 is 2.03 bits per heavy atom. The van der Waals surface area contributed by atoms with Gasteiger partial charge in [0.15, 0.2) is 22.5 Å². The zero-order valence-electron chi connectivity index (χ0n) is 19.7. The molecule has 0 saturated carbocycles. The topological polar surface area (TPSA) is 58.4 Å². The molecule has 0 amide bonds. The van der Waals surface area contributed by atoms with Crippen LogP contribution in [0.5, 0.6) is 11.5 Å². The standard InChI is InChI=1S/C27H29N3O3S/c1-31-18-10-17-30-26(22-15-16-23(32-2)24(19-22)33-3)28-29-27(30)34-25(20-11-6-4-7-12-20)21-13-8-5-9-14-21/h4-9,11-16,19,25H,10,17-18H2,1-3H3. The second-order valence-electron chi connectivity index (χ2n) is 7.69. The van der Waals surface area contributed by atoms with Gasteiger partial charge in [-0.3, -0.25) is 0 Å². The minimum atomic E-state index is 0.0889. The molecule has 0 spiro atoms. The van der Waals surface area contributed by atoms with Crippen molar-refractivity contribution in [1.29, 1.82) is 0 Å². The van der Waals surface area contributed by atoms with Gasteiger partial charge in [0.2, 0.25) is 0 Å². The maximum absolute atomic E-state index is 5.52. The van der Waals surface area contributed by atoms with E-state index in [1.807, 2.05) is 30.3 Å². The lowest BCUT2D eigenvalue weighted by Gasteiger charge is -2.18. The van der Waals surface area contributed by atoms with Crippen molar-refractivity contribution in [3.05, 3.63) is 90.0 Å². The number of thioether (sulfide) groups is 1. The van der Waals surface area contributed by atoms with Gasteiger partial charge in [-0.25, -0.2) is 0 Å². The van der Waals surface area contributed by atoms with Crippen LogP contribution >= 0.6 is 11.8 Å². The van der Waals surface area contributed by atoms with E-state index in [0.717, 1.165) is 29.5 Å². The molecule has 0 aliphatic rings. The van der Waals surface area contributed by atoms with E-state index in [2.05, 4.69) is 63.3 Å². The van der Waals surface area contributed by atoms with Crippen molar-refractivity contribution < 1.29 is 14.2 Å². The maximum Gasteiger partial charge on any atom is 0.192 e. The fourth-order valence-corrected chi connectivity index (χ4v) is 5.01. The monoisotopic (exact) mass is 475 g/mol. The SMILES string of the molecule is COCCCn1c(SC(c2ccccc2)c2ccccc2)nnc1-c1ccc(OC)c(OC)c1. The summed E-state index contributed by atoms with van der Waals surface area (Å²) in [7, 11) is 4.99. The highest BCUT2D eigenvalue weighted by atomic mass is 32.2. The molecule has 0 bridgehead atoms. The van der Waals surface area contributed by atoms with E-state index in [4.69, 9.17) is 14.2 Å². The Kier molecular flexibility index (Phi) is 8.22. The van der Waals surface area contributed by atoms with E-state index < -0.39 is 0 Å². The molecule has 0 atom stereocenters. The third kappa shape index (κ3) is 5.43. The maximum atomic E-state index is 5.52. The Hall–Kier alpha value is -3.29. The van der Waals surface area contributed by atoms with Crippen molar-refractivity contribution in [3.63, 3.8) is 0 Å². The number of benzene rings is 3. The summed E-state index contributed by atoms with van der Waals surface area (Å²) in [5, 5.41) is 10.2. The Morgan fingerprint density at radius 1 is 0.794 bits per heavy atom. The lowest BCUT2D eigenvalue weighted by atomic mass is 10.0. The molecule has 0 fully saturated rings. The van der Waals surface area contributed by atoms with Crippen molar-refractivity contribution in [2.75, 3.05) is 27.9 Å². The van der Waals surface area contributed by atoms with Gasteiger partial charge in [0.1, 0.15) is 0 Å². The minimum absolute atomic E-state index is 0.0889. The van der Waals surface area contributed by atoms with Gasteiger partial charge in [-0.05, 0) is 35.7 Å². The molecule has 0 unspecified atom stereocenters. The zero-order chi connectivity index (χ0) is 23.8. The summed E-state index contributed by atoms with van der Waals surface area (Å²) < 4.78 is 18.4. The van der Waals surface area contributed by atoms with Gasteiger partial charge in [-0.1, -0.05) is 72.4 Å². The fourth-order valence-electron chi connectivity index (χ4n) is 3.82. The summed E-state index contributed by atoms with van der Waals surface area (Å²) >= 11 is 1.71. The van der Waals surface area contributed by atoms with Gasteiger partial charge < -0.3 is 18.8 Å². The van der Waals surface area contributed by atoms with Crippen LogP contribution in [-0.2, 0) is 11.3 Å². The first kappa shape index (κ1) is 23.9. The Balaban J connectivity index is 1.74. The largest absolute Gasteiger partial charge is 0.493 e. The second-order valence-corrected chi connectivity index (χ2v) is 8.77. The van der Waals surface area contributed by atoms with Crippen molar-refractivity contribution in [2.24, 2.45) is 0 Å². The Bertz CT molecular complexity index is 1140. The van der Waals surface area contributed by atoms with Crippen LogP contribution < -0.4 is 9.47 Å². The van der Waals surface area contributed by atoms with Crippen LogP contribution in [0.15, 0.2) is 84.0 Å². The van der Waals surface area contributed by atoms with Crippen molar-refractivity contribution >= 4 is 11.8 Å². The fraction of sp³-hybridized carbons (Fsp3) is 0.259. The molecule has 6 nitrogen and oxygen atoms in total. The van der Waals surface area contributed by atoms with Gasteiger partial charge in [0, 0.05) is 25.8 Å². The second kappa shape index (κ2) is 11.7. The normalized spacial score (nSPS) is 11.1. The molecular formula is C27H29N3O3S. The van der Waals surface area contributed by atoms with E-state index >= 15 is 0 Å². The van der Waals surface area contributed by atoms with Gasteiger partial charge >= 0.3 is 0 Å². The molecule has 0 N–H and O–H groups in total. The summed E-state index contributed by atoms with van der Waals surface area (Å²) in [6.45, 7) is 1.40. The lowest BCUT2D eigenvalue weighted by Crippen LogP contribution is -2.07. The molecule has 34 heavy (non-hydrogen) atoms. The van der Waals surface area contributed by atoms with Crippen molar-refractivity contribution in [3.8, 4) is 22.9 Å². The van der Waals surface area contributed by atoms with Crippen molar-refractivity contribution in [2.45, 2.75) is 23.4 Å². The van der Waals surface area contributed by atoms with Gasteiger partial charge in [-0.15, -0.1) is 10.2 Å². The van der Waals surface area contributed by atoms with Crippen LogP contribution in [0.4, 0.5) is 0 Å². The minimum Gasteiger partial charge on any atom is -0.493 e. The third-order valence-electron chi connectivity index (χ3n) is 5.52. The number of hydrogen-bond acceptors (Lipinski definition) is 6. The Morgan fingerprint density at radius 2 is 1.44 bits per heavy atom. The van der Waals surface area contributed by atoms with Crippen molar-refractivity contribution in [1.82, 2.24) is 14.8 Å². The summed E-state index contributed by atoms with van der Waals surface area (Å²) in [6, 6.07) is 26.8. The zero-order valence-corrected chi connectivity index (χ0v) is 20.5. The summed E-state index contributed by atoms with van der Waals surface area (Å²) in [5.74, 6) is 2.13. The average Bonchev–Trinajstić information content (AvgIpc) is 3.30. The highest BCUT2D eigenvalue weighted by Crippen LogP contribution is 2.41. The van der Waals surface area contributed by atoms with Crippen LogP contribution in [0, 0.1) is 0 Å². The highest BCUT2D eigenvalue weighted by Gasteiger charge is 2.22. The van der Waals surface area contributed by atoms with E-state index in [-0.39, 0.29) is 5.25 Å². The smallest absolute Gasteiger partial charge is 0.192 e. The molecule has 0 saturated heterocycles. The van der Waals surface area contributed by atoms with Crippen LogP contribution in [0.1, 0.15) is 22.8 Å². The quantitative estimate of drug-likeness (QED) is 0.199. The van der Waals surface area contributed by atoms with Gasteiger partial charge in [0.05, 0.1) is 19.5 Å². The predicted octanol–water partition coefficient (Wildman–Crippen LogP) is 5.88. The van der Waals surface area contributed by atoms with Crippen LogP contribution in [0.25, 0.3) is 11.4 Å². The van der Waals surface area contributed by atoms with Crippen LogP contribution in [0.3, 0.4) is 0 Å². The molecule has 0 radical (unpaired) electrons. The molecule has 0 aliphatic carbocycles. The molecule has 176 valence electrons. The summed E-state index contributed by atoms with van der Waals surface area (Å²) in [6.07, 6.45) is 0.851. The Labute approximate surface area is 204 Å². The summed E-state index contributed by atoms with van der Waals surface area (Å²) in [5.41, 5.74) is 3.36. The van der Waals surface area contributed by atoms with Gasteiger partial charge in [0.25, 0.3) is 0 Å². The van der Waals surface area contributed by atoms with Crippen LogP contribution in [-0.4, -0.2) is 42.7 Å². The molecule has 1 aromatic heterocycles.